The summed E-state index contributed by atoms with van der Waals surface area (Å²) in [5, 5.41) is 3.00. The number of piperazine rings is 1. The molecule has 4 rings (SSSR count). The minimum absolute atomic E-state index is 0.333. The van der Waals surface area contributed by atoms with Gasteiger partial charge in [0.2, 0.25) is 10.0 Å². The van der Waals surface area contributed by atoms with Gasteiger partial charge in [-0.15, -0.1) is 11.3 Å². The van der Waals surface area contributed by atoms with Crippen LogP contribution >= 0.6 is 27.3 Å². The van der Waals surface area contributed by atoms with Crippen molar-refractivity contribution in [2.24, 2.45) is 0 Å². The zero-order chi connectivity index (χ0) is 19.7. The second-order valence-corrected chi connectivity index (χ2v) is 10.4. The van der Waals surface area contributed by atoms with Crippen molar-refractivity contribution < 1.29 is 8.42 Å². The highest BCUT2D eigenvalue weighted by molar-refractivity contribution is 9.10. The minimum Gasteiger partial charge on any atom is -0.345 e. The molecule has 8 heteroatoms. The van der Waals surface area contributed by atoms with Gasteiger partial charge < -0.3 is 4.90 Å². The molecule has 2 heterocycles. The van der Waals surface area contributed by atoms with E-state index in [0.717, 1.165) is 20.9 Å². The smallest absolute Gasteiger partial charge is 0.243 e. The van der Waals surface area contributed by atoms with Gasteiger partial charge in [0.05, 0.1) is 10.6 Å². The molecule has 146 valence electrons. The van der Waals surface area contributed by atoms with Gasteiger partial charge in [-0.05, 0) is 31.2 Å². The van der Waals surface area contributed by atoms with Crippen LogP contribution in [0.1, 0.15) is 5.56 Å². The van der Waals surface area contributed by atoms with Gasteiger partial charge in [-0.2, -0.15) is 4.31 Å². The third-order valence-electron chi connectivity index (χ3n) is 4.80. The van der Waals surface area contributed by atoms with E-state index in [9.17, 15) is 8.42 Å². The van der Waals surface area contributed by atoms with E-state index in [1.165, 1.54) is 5.56 Å². The Bertz CT molecular complexity index is 1060. The van der Waals surface area contributed by atoms with Crippen LogP contribution in [-0.2, 0) is 10.0 Å². The van der Waals surface area contributed by atoms with E-state index < -0.39 is 10.0 Å². The maximum absolute atomic E-state index is 12.8. The molecule has 0 amide bonds. The second-order valence-electron chi connectivity index (χ2n) is 6.73. The molecular formula is C20H20BrN3O2S2. The van der Waals surface area contributed by atoms with E-state index in [1.807, 2.05) is 0 Å². The van der Waals surface area contributed by atoms with Gasteiger partial charge in [-0.25, -0.2) is 13.4 Å². The summed E-state index contributed by atoms with van der Waals surface area (Å²) < 4.78 is 28.1. The molecule has 1 aliphatic rings. The lowest BCUT2D eigenvalue weighted by atomic mass is 10.1. The summed E-state index contributed by atoms with van der Waals surface area (Å²) in [6.07, 6.45) is 0. The Morgan fingerprint density at radius 2 is 1.61 bits per heavy atom. The van der Waals surface area contributed by atoms with E-state index in [0.29, 0.717) is 31.1 Å². The first-order valence-corrected chi connectivity index (χ1v) is 12.1. The lowest BCUT2D eigenvalue weighted by Gasteiger charge is -2.33. The summed E-state index contributed by atoms with van der Waals surface area (Å²) in [7, 11) is -3.46. The van der Waals surface area contributed by atoms with Crippen LogP contribution in [0.2, 0.25) is 0 Å². The number of thiazole rings is 1. The number of anilines is 1. The summed E-state index contributed by atoms with van der Waals surface area (Å²) in [5.41, 5.74) is 3.29. The molecule has 0 N–H and O–H groups in total. The first-order chi connectivity index (χ1) is 13.4. The van der Waals surface area contributed by atoms with Crippen LogP contribution in [0, 0.1) is 6.92 Å². The molecule has 0 spiro atoms. The summed E-state index contributed by atoms with van der Waals surface area (Å²) in [4.78, 5) is 7.26. The highest BCUT2D eigenvalue weighted by Gasteiger charge is 2.29. The van der Waals surface area contributed by atoms with Gasteiger partial charge in [0, 0.05) is 41.6 Å². The maximum atomic E-state index is 12.8. The van der Waals surface area contributed by atoms with E-state index in [2.05, 4.69) is 57.4 Å². The molecule has 1 fully saturated rings. The Morgan fingerprint density at radius 1 is 0.964 bits per heavy atom. The van der Waals surface area contributed by atoms with Gasteiger partial charge in [0.15, 0.2) is 5.13 Å². The lowest BCUT2D eigenvalue weighted by molar-refractivity contribution is 0.385. The van der Waals surface area contributed by atoms with Crippen molar-refractivity contribution >= 4 is 42.4 Å². The number of rotatable bonds is 4. The normalized spacial score (nSPS) is 15.7. The Balaban J connectivity index is 1.44. The second kappa shape index (κ2) is 7.94. The SMILES string of the molecule is Cc1ccc(-c2csc(N3CCN(S(=O)(=O)c4ccc(Br)cc4)CC3)n2)cc1. The third kappa shape index (κ3) is 4.00. The first-order valence-electron chi connectivity index (χ1n) is 8.97. The van der Waals surface area contributed by atoms with Gasteiger partial charge in [0.1, 0.15) is 0 Å². The van der Waals surface area contributed by atoms with Crippen LogP contribution in [-0.4, -0.2) is 43.9 Å². The van der Waals surface area contributed by atoms with Crippen molar-refractivity contribution in [3.63, 3.8) is 0 Å². The van der Waals surface area contributed by atoms with Crippen molar-refractivity contribution in [2.45, 2.75) is 11.8 Å². The molecule has 0 saturated carbocycles. The topological polar surface area (TPSA) is 53.5 Å². The Kier molecular flexibility index (Phi) is 5.55. The molecule has 0 atom stereocenters. The molecule has 28 heavy (non-hydrogen) atoms. The number of sulfonamides is 1. The molecule has 1 aromatic heterocycles. The van der Waals surface area contributed by atoms with Crippen molar-refractivity contribution in [1.82, 2.24) is 9.29 Å². The van der Waals surface area contributed by atoms with Crippen LogP contribution in [0.3, 0.4) is 0 Å². The third-order valence-corrected chi connectivity index (χ3v) is 8.14. The Morgan fingerprint density at radius 3 is 2.25 bits per heavy atom. The van der Waals surface area contributed by atoms with E-state index in [1.54, 1.807) is 39.9 Å². The molecule has 0 radical (unpaired) electrons. The fourth-order valence-corrected chi connectivity index (χ4v) is 5.72. The highest BCUT2D eigenvalue weighted by Crippen LogP contribution is 2.29. The van der Waals surface area contributed by atoms with E-state index in [4.69, 9.17) is 4.98 Å². The monoisotopic (exact) mass is 477 g/mol. The number of hydrogen-bond donors (Lipinski definition) is 0. The fourth-order valence-electron chi connectivity index (χ4n) is 3.14. The van der Waals surface area contributed by atoms with Gasteiger partial charge >= 0.3 is 0 Å². The molecule has 2 aromatic carbocycles. The number of nitrogens with zero attached hydrogens (tertiary/aromatic N) is 3. The fraction of sp³-hybridized carbons (Fsp3) is 0.250. The van der Waals surface area contributed by atoms with E-state index in [-0.39, 0.29) is 0 Å². The summed E-state index contributed by atoms with van der Waals surface area (Å²) in [6.45, 7) is 4.25. The van der Waals surface area contributed by atoms with E-state index >= 15 is 0 Å². The van der Waals surface area contributed by atoms with Crippen molar-refractivity contribution in [3.8, 4) is 11.3 Å². The first kappa shape index (κ1) is 19.6. The minimum atomic E-state index is -3.46. The van der Waals surface area contributed by atoms with Gasteiger partial charge in [-0.1, -0.05) is 45.8 Å². The average molecular weight is 478 g/mol. The molecular weight excluding hydrogens is 458 g/mol. The predicted molar refractivity (Wildman–Crippen MR) is 117 cm³/mol. The van der Waals surface area contributed by atoms with Gasteiger partial charge in [0.25, 0.3) is 0 Å². The number of hydrogen-bond acceptors (Lipinski definition) is 5. The van der Waals surface area contributed by atoms with Crippen molar-refractivity contribution in [3.05, 3.63) is 63.9 Å². The van der Waals surface area contributed by atoms with Crippen LogP contribution in [0.4, 0.5) is 5.13 Å². The number of halogens is 1. The summed E-state index contributed by atoms with van der Waals surface area (Å²) >= 11 is 4.95. The zero-order valence-electron chi connectivity index (χ0n) is 15.4. The molecule has 0 aliphatic carbocycles. The summed E-state index contributed by atoms with van der Waals surface area (Å²) in [5.74, 6) is 0. The lowest BCUT2D eigenvalue weighted by Crippen LogP contribution is -2.48. The van der Waals surface area contributed by atoms with Crippen molar-refractivity contribution in [1.29, 1.82) is 0 Å². The largest absolute Gasteiger partial charge is 0.345 e. The predicted octanol–water partition coefficient (Wildman–Crippen LogP) is 4.39. The Hall–Kier alpha value is -1.74. The highest BCUT2D eigenvalue weighted by atomic mass is 79.9. The van der Waals surface area contributed by atoms with Crippen molar-refractivity contribution in [2.75, 3.05) is 31.1 Å². The summed E-state index contributed by atoms with van der Waals surface area (Å²) in [6, 6.07) is 15.1. The average Bonchev–Trinajstić information content (AvgIpc) is 3.19. The molecule has 1 saturated heterocycles. The van der Waals surface area contributed by atoms with Crippen LogP contribution in [0.5, 0.6) is 0 Å². The van der Waals surface area contributed by atoms with Crippen LogP contribution in [0.15, 0.2) is 63.3 Å². The standard InChI is InChI=1S/C20H20BrN3O2S2/c1-15-2-4-16(5-3-15)19-14-27-20(22-19)23-10-12-24(13-11-23)28(25,26)18-8-6-17(21)7-9-18/h2-9,14H,10-13H2,1H3. The molecule has 0 bridgehead atoms. The van der Waals surface area contributed by atoms with Crippen LogP contribution in [0.25, 0.3) is 11.3 Å². The molecule has 5 nitrogen and oxygen atoms in total. The molecule has 3 aromatic rings. The van der Waals surface area contributed by atoms with Gasteiger partial charge in [-0.3, -0.25) is 0 Å². The quantitative estimate of drug-likeness (QED) is 0.558. The number of aromatic nitrogens is 1. The number of aryl methyl sites for hydroxylation is 1. The zero-order valence-corrected chi connectivity index (χ0v) is 18.6. The molecule has 0 unspecified atom stereocenters. The number of benzene rings is 2. The maximum Gasteiger partial charge on any atom is 0.243 e. The Labute approximate surface area is 177 Å². The molecule has 1 aliphatic heterocycles. The van der Waals surface area contributed by atoms with Crippen LogP contribution < -0.4 is 4.90 Å².